The fraction of sp³-hybridized carbons (Fsp3) is 0.846. The van der Waals surface area contributed by atoms with E-state index in [1.165, 1.54) is 38.9 Å². The predicted octanol–water partition coefficient (Wildman–Crippen LogP) is 1.86. The highest BCUT2D eigenvalue weighted by Gasteiger charge is 2.12. The summed E-state index contributed by atoms with van der Waals surface area (Å²) in [5.41, 5.74) is 0. The van der Waals surface area contributed by atoms with Crippen LogP contribution in [0, 0.1) is 12.3 Å². The summed E-state index contributed by atoms with van der Waals surface area (Å²) in [5, 5.41) is 3.53. The van der Waals surface area contributed by atoms with E-state index in [2.05, 4.69) is 23.1 Å². The van der Waals surface area contributed by atoms with Crippen LogP contribution in [0.5, 0.6) is 0 Å². The highest BCUT2D eigenvalue weighted by atomic mass is 15.1. The number of rotatable bonds is 6. The van der Waals surface area contributed by atoms with Crippen LogP contribution >= 0.6 is 0 Å². The molecule has 0 saturated carbocycles. The van der Waals surface area contributed by atoms with Crippen LogP contribution in [0.15, 0.2) is 0 Å². The van der Waals surface area contributed by atoms with Gasteiger partial charge >= 0.3 is 0 Å². The minimum atomic E-state index is 0.598. The highest BCUT2D eigenvalue weighted by Crippen LogP contribution is 2.08. The van der Waals surface area contributed by atoms with E-state index in [-0.39, 0.29) is 0 Å². The fourth-order valence-electron chi connectivity index (χ4n) is 2.13. The lowest BCUT2D eigenvalue weighted by molar-refractivity contribution is 0.209. The highest BCUT2D eigenvalue weighted by molar-refractivity contribution is 4.83. The lowest BCUT2D eigenvalue weighted by Crippen LogP contribution is -2.41. The molecule has 0 aromatic rings. The minimum Gasteiger partial charge on any atom is -0.313 e. The molecule has 0 aromatic carbocycles. The topological polar surface area (TPSA) is 15.3 Å². The van der Waals surface area contributed by atoms with Crippen molar-refractivity contribution in [3.8, 4) is 12.3 Å². The molecule has 1 unspecified atom stereocenters. The van der Waals surface area contributed by atoms with Crippen molar-refractivity contribution in [1.82, 2.24) is 10.2 Å². The van der Waals surface area contributed by atoms with Crippen LogP contribution in [0.3, 0.4) is 0 Å². The van der Waals surface area contributed by atoms with Gasteiger partial charge in [-0.1, -0.05) is 6.42 Å². The predicted molar refractivity (Wildman–Crippen MR) is 65.8 cm³/mol. The van der Waals surface area contributed by atoms with Crippen molar-refractivity contribution in [2.75, 3.05) is 26.2 Å². The lowest BCUT2D eigenvalue weighted by atomic mass is 10.1. The van der Waals surface area contributed by atoms with Crippen LogP contribution in [0.25, 0.3) is 0 Å². The van der Waals surface area contributed by atoms with E-state index in [4.69, 9.17) is 6.42 Å². The zero-order chi connectivity index (χ0) is 10.9. The quantitative estimate of drug-likeness (QED) is 0.529. The summed E-state index contributed by atoms with van der Waals surface area (Å²) in [6.45, 7) is 7.09. The number of nitrogens with one attached hydrogen (secondary N) is 1. The Morgan fingerprint density at radius 1 is 1.33 bits per heavy atom. The molecular formula is C13H24N2. The molecule has 1 aliphatic rings. The number of likely N-dealkylation sites (tertiary alicyclic amines) is 1. The van der Waals surface area contributed by atoms with E-state index in [1.807, 2.05) is 0 Å². The molecule has 0 aliphatic carbocycles. The van der Waals surface area contributed by atoms with Gasteiger partial charge in [0.2, 0.25) is 0 Å². The summed E-state index contributed by atoms with van der Waals surface area (Å²) in [7, 11) is 0. The second kappa shape index (κ2) is 7.73. The van der Waals surface area contributed by atoms with Crippen molar-refractivity contribution in [1.29, 1.82) is 0 Å². The average Bonchev–Trinajstić information content (AvgIpc) is 2.26. The van der Waals surface area contributed by atoms with E-state index in [1.54, 1.807) is 0 Å². The number of terminal acetylenes is 1. The number of nitrogens with zero attached hydrogens (tertiary/aromatic N) is 1. The molecule has 0 spiro atoms. The van der Waals surface area contributed by atoms with Crippen molar-refractivity contribution < 1.29 is 0 Å². The van der Waals surface area contributed by atoms with Crippen molar-refractivity contribution in [3.05, 3.63) is 0 Å². The first-order valence-corrected chi connectivity index (χ1v) is 6.22. The Bertz CT molecular complexity index is 189. The standard InChI is InChI=1S/C13H24N2/c1-3-4-6-9-14-13(2)12-15-10-7-5-8-11-15/h1,13-14H,4-12H2,2H3. The zero-order valence-corrected chi connectivity index (χ0v) is 9.97. The third kappa shape index (κ3) is 5.81. The molecule has 1 rings (SSSR count). The van der Waals surface area contributed by atoms with E-state index < -0.39 is 0 Å². The maximum absolute atomic E-state index is 5.21. The number of piperidine rings is 1. The normalized spacial score (nSPS) is 19.7. The first-order valence-electron chi connectivity index (χ1n) is 6.22. The van der Waals surface area contributed by atoms with Gasteiger partial charge in [-0.3, -0.25) is 0 Å². The molecule has 1 saturated heterocycles. The summed E-state index contributed by atoms with van der Waals surface area (Å²) in [5.74, 6) is 2.67. The van der Waals surface area contributed by atoms with Crippen LogP contribution in [0.1, 0.15) is 39.0 Å². The minimum absolute atomic E-state index is 0.598. The van der Waals surface area contributed by atoms with Crippen LogP contribution < -0.4 is 5.32 Å². The Kier molecular flexibility index (Phi) is 6.47. The Hall–Kier alpha value is -0.520. The average molecular weight is 208 g/mol. The molecular weight excluding hydrogens is 184 g/mol. The van der Waals surface area contributed by atoms with E-state index in [0.29, 0.717) is 6.04 Å². The van der Waals surface area contributed by atoms with Gasteiger partial charge in [-0.2, -0.15) is 0 Å². The third-order valence-electron chi connectivity index (χ3n) is 2.97. The van der Waals surface area contributed by atoms with Crippen LogP contribution in [-0.4, -0.2) is 37.1 Å². The fourth-order valence-corrected chi connectivity index (χ4v) is 2.13. The molecule has 2 heteroatoms. The molecule has 2 nitrogen and oxygen atoms in total. The van der Waals surface area contributed by atoms with Crippen molar-refractivity contribution >= 4 is 0 Å². The van der Waals surface area contributed by atoms with E-state index in [0.717, 1.165) is 19.4 Å². The van der Waals surface area contributed by atoms with Crippen molar-refractivity contribution in [2.24, 2.45) is 0 Å². The summed E-state index contributed by atoms with van der Waals surface area (Å²) >= 11 is 0. The Balaban J connectivity index is 2.01. The molecule has 1 aliphatic heterocycles. The Morgan fingerprint density at radius 3 is 2.73 bits per heavy atom. The largest absolute Gasteiger partial charge is 0.313 e. The van der Waals surface area contributed by atoms with E-state index in [9.17, 15) is 0 Å². The molecule has 15 heavy (non-hydrogen) atoms. The van der Waals surface area contributed by atoms with Gasteiger partial charge in [0, 0.05) is 19.0 Å². The number of unbranched alkanes of at least 4 members (excludes halogenated alkanes) is 1. The van der Waals surface area contributed by atoms with Crippen molar-refractivity contribution in [3.63, 3.8) is 0 Å². The molecule has 1 atom stereocenters. The van der Waals surface area contributed by atoms with Gasteiger partial charge < -0.3 is 10.2 Å². The molecule has 1 N–H and O–H groups in total. The van der Waals surface area contributed by atoms with Gasteiger partial charge in [0.1, 0.15) is 0 Å². The SMILES string of the molecule is C#CCCCNC(C)CN1CCCCC1. The smallest absolute Gasteiger partial charge is 0.0166 e. The molecule has 0 radical (unpaired) electrons. The van der Waals surface area contributed by atoms with E-state index >= 15 is 0 Å². The third-order valence-corrected chi connectivity index (χ3v) is 2.97. The molecule has 1 fully saturated rings. The van der Waals surface area contributed by atoms with Gasteiger partial charge in [-0.25, -0.2) is 0 Å². The van der Waals surface area contributed by atoms with Gasteiger partial charge in [-0.05, 0) is 45.8 Å². The summed E-state index contributed by atoms with van der Waals surface area (Å²) in [4.78, 5) is 2.57. The molecule has 0 aromatic heterocycles. The van der Waals surface area contributed by atoms with Gasteiger partial charge in [0.15, 0.2) is 0 Å². The number of hydrogen-bond donors (Lipinski definition) is 1. The maximum atomic E-state index is 5.21. The van der Waals surface area contributed by atoms with Gasteiger partial charge in [0.05, 0.1) is 0 Å². The Morgan fingerprint density at radius 2 is 2.07 bits per heavy atom. The van der Waals surface area contributed by atoms with Crippen LogP contribution in [-0.2, 0) is 0 Å². The van der Waals surface area contributed by atoms with Crippen LogP contribution in [0.4, 0.5) is 0 Å². The molecule has 0 bridgehead atoms. The van der Waals surface area contributed by atoms with Gasteiger partial charge in [0.25, 0.3) is 0 Å². The first kappa shape index (κ1) is 12.5. The molecule has 0 amide bonds. The second-order valence-electron chi connectivity index (χ2n) is 4.52. The zero-order valence-electron chi connectivity index (χ0n) is 9.97. The maximum Gasteiger partial charge on any atom is 0.0166 e. The molecule has 1 heterocycles. The summed E-state index contributed by atoms with van der Waals surface area (Å²) in [6.07, 6.45) is 11.4. The monoisotopic (exact) mass is 208 g/mol. The van der Waals surface area contributed by atoms with Gasteiger partial charge in [-0.15, -0.1) is 12.3 Å². The summed E-state index contributed by atoms with van der Waals surface area (Å²) < 4.78 is 0. The van der Waals surface area contributed by atoms with Crippen molar-refractivity contribution in [2.45, 2.75) is 45.1 Å². The molecule has 86 valence electrons. The summed E-state index contributed by atoms with van der Waals surface area (Å²) in [6, 6.07) is 0.598. The lowest BCUT2D eigenvalue weighted by Gasteiger charge is -2.29. The Labute approximate surface area is 94.4 Å². The van der Waals surface area contributed by atoms with Crippen LogP contribution in [0.2, 0.25) is 0 Å². The number of hydrogen-bond acceptors (Lipinski definition) is 2. The second-order valence-corrected chi connectivity index (χ2v) is 4.52. The first-order chi connectivity index (χ1) is 7.33.